The number of unbranched alkanes of at least 4 members (excludes halogenated alkanes) is 1. The molecule has 0 saturated carbocycles. The van der Waals surface area contributed by atoms with E-state index in [-0.39, 0.29) is 24.0 Å². The molecular formula is C14H21ClIN3O2. The molecule has 21 heavy (non-hydrogen) atoms. The van der Waals surface area contributed by atoms with Gasteiger partial charge in [0, 0.05) is 6.54 Å². The Morgan fingerprint density at radius 3 is 2.90 bits per heavy atom. The van der Waals surface area contributed by atoms with Crippen molar-refractivity contribution in [3.8, 4) is 11.5 Å². The number of rotatable bonds is 5. The van der Waals surface area contributed by atoms with E-state index in [0.717, 1.165) is 24.9 Å². The second kappa shape index (κ2) is 9.19. The number of hydrogen-bond acceptors (Lipinski definition) is 3. The molecule has 0 fully saturated rings. The second-order valence-electron chi connectivity index (χ2n) is 4.58. The van der Waals surface area contributed by atoms with Gasteiger partial charge in [-0.1, -0.05) is 24.9 Å². The Morgan fingerprint density at radius 1 is 1.38 bits per heavy atom. The van der Waals surface area contributed by atoms with E-state index in [1.54, 1.807) is 0 Å². The minimum absolute atomic E-state index is 0. The average molecular weight is 426 g/mol. The minimum atomic E-state index is 0. The third-order valence-electron chi connectivity index (χ3n) is 2.93. The van der Waals surface area contributed by atoms with Gasteiger partial charge in [0.2, 0.25) is 0 Å². The number of nitrogens with zero attached hydrogens (tertiary/aromatic N) is 1. The lowest BCUT2D eigenvalue weighted by molar-refractivity contribution is 0.171. The number of ether oxygens (including phenoxy) is 2. The number of aliphatic imine (C=N–C) groups is 1. The molecule has 1 aromatic carbocycles. The van der Waals surface area contributed by atoms with Crippen LogP contribution in [0.5, 0.6) is 11.5 Å². The molecule has 0 atom stereocenters. The Balaban J connectivity index is 0.00000220. The van der Waals surface area contributed by atoms with Crippen LogP contribution in [0.4, 0.5) is 0 Å². The molecule has 0 bridgehead atoms. The van der Waals surface area contributed by atoms with E-state index >= 15 is 0 Å². The number of nitrogens with two attached hydrogens (primary N) is 1. The van der Waals surface area contributed by atoms with Crippen LogP contribution < -0.4 is 20.5 Å². The van der Waals surface area contributed by atoms with E-state index in [1.165, 1.54) is 0 Å². The summed E-state index contributed by atoms with van der Waals surface area (Å²) < 4.78 is 11.0. The molecule has 2 rings (SSSR count). The quantitative estimate of drug-likeness (QED) is 0.329. The van der Waals surface area contributed by atoms with Gasteiger partial charge in [0.15, 0.2) is 17.5 Å². The number of guanidine groups is 1. The van der Waals surface area contributed by atoms with E-state index in [1.807, 2.05) is 12.1 Å². The molecule has 118 valence electrons. The molecule has 0 spiro atoms. The highest BCUT2D eigenvalue weighted by Gasteiger charge is 2.16. The summed E-state index contributed by atoms with van der Waals surface area (Å²) in [6.07, 6.45) is 2.20. The Morgan fingerprint density at radius 2 is 2.14 bits per heavy atom. The Bertz CT molecular complexity index is 497. The van der Waals surface area contributed by atoms with Gasteiger partial charge in [-0.3, -0.25) is 0 Å². The third-order valence-corrected chi connectivity index (χ3v) is 3.21. The van der Waals surface area contributed by atoms with Crippen molar-refractivity contribution in [3.05, 3.63) is 22.7 Å². The van der Waals surface area contributed by atoms with Crippen LogP contribution in [0, 0.1) is 0 Å². The molecule has 5 nitrogen and oxygen atoms in total. The highest BCUT2D eigenvalue weighted by molar-refractivity contribution is 14.0. The topological polar surface area (TPSA) is 68.9 Å². The zero-order valence-electron chi connectivity index (χ0n) is 12.0. The summed E-state index contributed by atoms with van der Waals surface area (Å²) in [5, 5.41) is 3.62. The van der Waals surface area contributed by atoms with Gasteiger partial charge in [0.25, 0.3) is 0 Å². The Hall–Kier alpha value is -0.890. The van der Waals surface area contributed by atoms with Crippen LogP contribution in [0.25, 0.3) is 0 Å². The SMILES string of the molecule is CCCCNC(N)=NCc1cc(Cl)c2c(c1)OCCO2.I. The molecule has 7 heteroatoms. The maximum atomic E-state index is 6.16. The van der Waals surface area contributed by atoms with Crippen LogP contribution in [0.1, 0.15) is 25.3 Å². The Kier molecular flexibility index (Phi) is 7.95. The van der Waals surface area contributed by atoms with E-state index in [9.17, 15) is 0 Å². The van der Waals surface area contributed by atoms with Crippen LogP contribution in [-0.2, 0) is 6.54 Å². The lowest BCUT2D eigenvalue weighted by Gasteiger charge is -2.20. The van der Waals surface area contributed by atoms with E-state index in [2.05, 4.69) is 17.2 Å². The predicted molar refractivity (Wildman–Crippen MR) is 96.1 cm³/mol. The van der Waals surface area contributed by atoms with Crippen molar-refractivity contribution >= 4 is 41.5 Å². The molecular weight excluding hydrogens is 405 g/mol. The summed E-state index contributed by atoms with van der Waals surface area (Å²) in [4.78, 5) is 4.28. The molecule has 0 aliphatic carbocycles. The predicted octanol–water partition coefficient (Wildman–Crippen LogP) is 2.93. The van der Waals surface area contributed by atoms with Crippen molar-refractivity contribution in [2.24, 2.45) is 10.7 Å². The first-order valence-electron chi connectivity index (χ1n) is 6.82. The summed E-state index contributed by atoms with van der Waals surface area (Å²) in [5.74, 6) is 1.73. The van der Waals surface area contributed by atoms with Crippen molar-refractivity contribution in [1.29, 1.82) is 0 Å². The Labute approximate surface area is 147 Å². The molecule has 1 aliphatic heterocycles. The van der Waals surface area contributed by atoms with Crippen LogP contribution in [-0.4, -0.2) is 25.7 Å². The van der Waals surface area contributed by atoms with Crippen molar-refractivity contribution in [2.45, 2.75) is 26.3 Å². The number of halogens is 2. The zero-order chi connectivity index (χ0) is 14.4. The lowest BCUT2D eigenvalue weighted by atomic mass is 10.2. The second-order valence-corrected chi connectivity index (χ2v) is 4.99. The normalized spacial score (nSPS) is 13.5. The van der Waals surface area contributed by atoms with Gasteiger partial charge in [-0.15, -0.1) is 24.0 Å². The summed E-state index contributed by atoms with van der Waals surface area (Å²) >= 11 is 6.16. The highest BCUT2D eigenvalue weighted by Crippen LogP contribution is 2.38. The fourth-order valence-corrected chi connectivity index (χ4v) is 2.17. The molecule has 1 aromatic rings. The van der Waals surface area contributed by atoms with Gasteiger partial charge in [0.1, 0.15) is 13.2 Å². The molecule has 1 aliphatic rings. The van der Waals surface area contributed by atoms with Gasteiger partial charge in [0.05, 0.1) is 11.6 Å². The number of fused-ring (bicyclic) bond motifs is 1. The highest BCUT2D eigenvalue weighted by atomic mass is 127. The van der Waals surface area contributed by atoms with Crippen molar-refractivity contribution in [1.82, 2.24) is 5.32 Å². The molecule has 0 unspecified atom stereocenters. The van der Waals surface area contributed by atoms with Gasteiger partial charge in [-0.2, -0.15) is 0 Å². The van der Waals surface area contributed by atoms with Crippen molar-refractivity contribution < 1.29 is 9.47 Å². The first kappa shape index (κ1) is 18.2. The largest absolute Gasteiger partial charge is 0.486 e. The number of nitrogens with one attached hydrogen (secondary N) is 1. The minimum Gasteiger partial charge on any atom is -0.486 e. The van der Waals surface area contributed by atoms with Gasteiger partial charge >= 0.3 is 0 Å². The maximum absolute atomic E-state index is 6.16. The smallest absolute Gasteiger partial charge is 0.188 e. The molecule has 0 aromatic heterocycles. The first-order chi connectivity index (χ1) is 9.70. The van der Waals surface area contributed by atoms with E-state index < -0.39 is 0 Å². The fraction of sp³-hybridized carbons (Fsp3) is 0.500. The average Bonchev–Trinajstić information content (AvgIpc) is 2.45. The molecule has 3 N–H and O–H groups in total. The van der Waals surface area contributed by atoms with Crippen LogP contribution in [0.3, 0.4) is 0 Å². The summed E-state index contributed by atoms with van der Waals surface area (Å²) in [7, 11) is 0. The van der Waals surface area contributed by atoms with Gasteiger partial charge in [-0.05, 0) is 24.1 Å². The summed E-state index contributed by atoms with van der Waals surface area (Å²) in [6, 6.07) is 3.72. The van der Waals surface area contributed by atoms with Gasteiger partial charge in [-0.25, -0.2) is 4.99 Å². The zero-order valence-corrected chi connectivity index (χ0v) is 15.1. The van der Waals surface area contributed by atoms with Crippen molar-refractivity contribution in [3.63, 3.8) is 0 Å². The number of benzene rings is 1. The van der Waals surface area contributed by atoms with Gasteiger partial charge < -0.3 is 20.5 Å². The van der Waals surface area contributed by atoms with Crippen molar-refractivity contribution in [2.75, 3.05) is 19.8 Å². The first-order valence-corrected chi connectivity index (χ1v) is 7.20. The molecule has 0 radical (unpaired) electrons. The summed E-state index contributed by atoms with van der Waals surface area (Å²) in [6.45, 7) is 4.50. The monoisotopic (exact) mass is 425 g/mol. The van der Waals surface area contributed by atoms with Crippen LogP contribution in [0.15, 0.2) is 17.1 Å². The van der Waals surface area contributed by atoms with Crippen LogP contribution >= 0.6 is 35.6 Å². The molecule has 1 heterocycles. The van der Waals surface area contributed by atoms with Crippen LogP contribution in [0.2, 0.25) is 5.02 Å². The third kappa shape index (κ3) is 5.43. The summed E-state index contributed by atoms with van der Waals surface area (Å²) in [5.41, 5.74) is 6.73. The number of hydrogen-bond donors (Lipinski definition) is 2. The van der Waals surface area contributed by atoms with E-state index in [0.29, 0.717) is 42.2 Å². The standard InChI is InChI=1S/C14H20ClN3O2.HI/c1-2-3-4-17-14(16)18-9-10-7-11(15)13-12(8-10)19-5-6-20-13;/h7-8H,2-6,9H2,1H3,(H3,16,17,18);1H. The molecule has 0 saturated heterocycles. The van der Waals surface area contributed by atoms with E-state index in [4.69, 9.17) is 26.8 Å². The lowest BCUT2D eigenvalue weighted by Crippen LogP contribution is -2.32. The molecule has 0 amide bonds. The maximum Gasteiger partial charge on any atom is 0.188 e. The fourth-order valence-electron chi connectivity index (χ4n) is 1.88.